The van der Waals surface area contributed by atoms with E-state index in [4.69, 9.17) is 15.7 Å². The van der Waals surface area contributed by atoms with Crippen LogP contribution >= 0.6 is 0 Å². The lowest BCUT2D eigenvalue weighted by molar-refractivity contribution is 0.416. The van der Waals surface area contributed by atoms with Gasteiger partial charge in [0.15, 0.2) is 0 Å². The van der Waals surface area contributed by atoms with Gasteiger partial charge < -0.3 is 10.5 Å². The summed E-state index contributed by atoms with van der Waals surface area (Å²) in [6.07, 6.45) is 0. The summed E-state index contributed by atoms with van der Waals surface area (Å²) in [7, 11) is 1.59. The molecule has 4 nitrogen and oxygen atoms in total. The lowest BCUT2D eigenvalue weighted by Gasteiger charge is -2.09. The Morgan fingerprint density at radius 1 is 1.28 bits per heavy atom. The number of nitrogen functional groups attached to an aromatic ring is 1. The fourth-order valence-corrected chi connectivity index (χ4v) is 1.70. The summed E-state index contributed by atoms with van der Waals surface area (Å²) in [4.78, 5) is 4.41. The molecule has 0 saturated heterocycles. The van der Waals surface area contributed by atoms with Crippen LogP contribution in [0.3, 0.4) is 0 Å². The first-order valence-corrected chi connectivity index (χ1v) is 5.47. The molecule has 0 aliphatic rings. The molecule has 90 valence electrons. The third kappa shape index (κ3) is 2.11. The first-order chi connectivity index (χ1) is 8.65. The molecular weight excluding hydrogens is 226 g/mol. The number of benzene rings is 1. The topological polar surface area (TPSA) is 71.9 Å². The van der Waals surface area contributed by atoms with E-state index < -0.39 is 0 Å². The molecule has 0 aliphatic carbocycles. The maximum atomic E-state index is 8.94. The number of aryl methyl sites for hydroxylation is 1. The number of rotatable bonds is 2. The fourth-order valence-electron chi connectivity index (χ4n) is 1.70. The number of methoxy groups -OCH3 is 1. The predicted molar refractivity (Wildman–Crippen MR) is 70.1 cm³/mol. The fraction of sp³-hybridized carbons (Fsp3) is 0.143. The first kappa shape index (κ1) is 11.9. The van der Waals surface area contributed by atoms with Crippen LogP contribution in [0.15, 0.2) is 30.3 Å². The summed E-state index contributed by atoms with van der Waals surface area (Å²) in [5.41, 5.74) is 9.26. The highest BCUT2D eigenvalue weighted by Crippen LogP contribution is 2.30. The van der Waals surface area contributed by atoms with Gasteiger partial charge in [0.05, 0.1) is 35.8 Å². The number of anilines is 1. The Morgan fingerprint density at radius 2 is 2.06 bits per heavy atom. The second-order valence-corrected chi connectivity index (χ2v) is 3.90. The molecule has 0 unspecified atom stereocenters. The Hall–Kier alpha value is -2.54. The first-order valence-electron chi connectivity index (χ1n) is 5.47. The Balaban J connectivity index is 2.61. The Labute approximate surface area is 106 Å². The van der Waals surface area contributed by atoms with E-state index in [0.29, 0.717) is 17.0 Å². The predicted octanol–water partition coefficient (Wildman–Crippen LogP) is 2.52. The van der Waals surface area contributed by atoms with Crippen molar-refractivity contribution in [1.29, 1.82) is 5.26 Å². The summed E-state index contributed by atoms with van der Waals surface area (Å²) in [5, 5.41) is 8.94. The zero-order valence-electron chi connectivity index (χ0n) is 10.3. The molecule has 1 aromatic heterocycles. The number of aromatic nitrogens is 1. The van der Waals surface area contributed by atoms with Crippen molar-refractivity contribution in [2.75, 3.05) is 12.8 Å². The molecule has 18 heavy (non-hydrogen) atoms. The third-order valence-corrected chi connectivity index (χ3v) is 2.73. The van der Waals surface area contributed by atoms with Crippen LogP contribution in [-0.4, -0.2) is 12.1 Å². The Bertz CT molecular complexity index is 629. The van der Waals surface area contributed by atoms with Crippen molar-refractivity contribution in [3.8, 4) is 23.1 Å². The van der Waals surface area contributed by atoms with Crippen LogP contribution in [0.25, 0.3) is 11.3 Å². The van der Waals surface area contributed by atoms with Crippen LogP contribution in [0.2, 0.25) is 0 Å². The summed E-state index contributed by atoms with van der Waals surface area (Å²) >= 11 is 0. The highest BCUT2D eigenvalue weighted by Gasteiger charge is 2.09. The minimum atomic E-state index is 0.571. The molecule has 0 aliphatic heterocycles. The van der Waals surface area contributed by atoms with Crippen LogP contribution in [0.1, 0.15) is 11.3 Å². The van der Waals surface area contributed by atoms with Crippen molar-refractivity contribution >= 4 is 5.69 Å². The van der Waals surface area contributed by atoms with Gasteiger partial charge >= 0.3 is 0 Å². The van der Waals surface area contributed by atoms with Gasteiger partial charge in [0, 0.05) is 5.56 Å². The van der Waals surface area contributed by atoms with Crippen molar-refractivity contribution in [3.05, 3.63) is 41.6 Å². The van der Waals surface area contributed by atoms with E-state index in [0.717, 1.165) is 17.0 Å². The molecule has 4 heteroatoms. The van der Waals surface area contributed by atoms with Crippen molar-refractivity contribution in [2.45, 2.75) is 6.92 Å². The van der Waals surface area contributed by atoms with E-state index in [2.05, 4.69) is 11.1 Å². The van der Waals surface area contributed by atoms with Gasteiger partial charge in [-0.25, -0.2) is 0 Å². The largest absolute Gasteiger partial charge is 0.496 e. The molecule has 0 bridgehead atoms. The minimum absolute atomic E-state index is 0.571. The summed E-state index contributed by atoms with van der Waals surface area (Å²) < 4.78 is 5.29. The van der Waals surface area contributed by atoms with Crippen LogP contribution in [-0.2, 0) is 0 Å². The standard InChI is InChI=1S/C14H13N3O/c1-9-12(16)4-5-13(17-9)11-7-10(8-15)3-6-14(11)18-2/h3-7H,16H2,1-2H3. The van der Waals surface area contributed by atoms with Crippen molar-refractivity contribution in [2.24, 2.45) is 0 Å². The second-order valence-electron chi connectivity index (χ2n) is 3.90. The molecule has 1 aromatic carbocycles. The number of hydrogen-bond donors (Lipinski definition) is 1. The van der Waals surface area contributed by atoms with Gasteiger partial charge in [0.1, 0.15) is 5.75 Å². The number of ether oxygens (including phenoxy) is 1. The summed E-state index contributed by atoms with van der Waals surface area (Å²) in [6, 6.07) is 11.0. The molecular formula is C14H13N3O. The molecule has 0 spiro atoms. The SMILES string of the molecule is COc1ccc(C#N)cc1-c1ccc(N)c(C)n1. The van der Waals surface area contributed by atoms with E-state index in [-0.39, 0.29) is 0 Å². The number of nitrogens with zero attached hydrogens (tertiary/aromatic N) is 2. The molecule has 0 radical (unpaired) electrons. The van der Waals surface area contributed by atoms with Crippen LogP contribution in [0.4, 0.5) is 5.69 Å². The number of pyridine rings is 1. The van der Waals surface area contributed by atoms with Gasteiger partial charge in [-0.1, -0.05) is 0 Å². The van der Waals surface area contributed by atoms with Gasteiger partial charge in [0.25, 0.3) is 0 Å². The second kappa shape index (κ2) is 4.76. The normalized spacial score (nSPS) is 9.83. The van der Waals surface area contributed by atoms with Crippen LogP contribution < -0.4 is 10.5 Å². The molecule has 0 saturated carbocycles. The lowest BCUT2D eigenvalue weighted by Crippen LogP contribution is -1.96. The van der Waals surface area contributed by atoms with Crippen molar-refractivity contribution in [3.63, 3.8) is 0 Å². The van der Waals surface area contributed by atoms with Crippen molar-refractivity contribution in [1.82, 2.24) is 4.98 Å². The van der Waals surface area contributed by atoms with Crippen molar-refractivity contribution < 1.29 is 4.74 Å². The highest BCUT2D eigenvalue weighted by atomic mass is 16.5. The molecule has 0 fully saturated rings. The Kier molecular flexibility index (Phi) is 3.16. The highest BCUT2D eigenvalue weighted by molar-refractivity contribution is 5.70. The average molecular weight is 239 g/mol. The zero-order valence-corrected chi connectivity index (χ0v) is 10.3. The smallest absolute Gasteiger partial charge is 0.128 e. The molecule has 2 rings (SSSR count). The van der Waals surface area contributed by atoms with Gasteiger partial charge in [-0.15, -0.1) is 0 Å². The molecule has 2 N–H and O–H groups in total. The molecule has 1 heterocycles. The quantitative estimate of drug-likeness (QED) is 0.874. The van der Waals surface area contributed by atoms with Gasteiger partial charge in [-0.05, 0) is 37.3 Å². The average Bonchev–Trinajstić information content (AvgIpc) is 2.41. The van der Waals surface area contributed by atoms with E-state index in [1.807, 2.05) is 13.0 Å². The molecule has 0 amide bonds. The van der Waals surface area contributed by atoms with Gasteiger partial charge in [-0.3, -0.25) is 4.98 Å². The number of nitrogens with two attached hydrogens (primary N) is 1. The third-order valence-electron chi connectivity index (χ3n) is 2.73. The number of nitriles is 1. The van der Waals surface area contributed by atoms with E-state index >= 15 is 0 Å². The minimum Gasteiger partial charge on any atom is -0.496 e. The zero-order chi connectivity index (χ0) is 13.1. The van der Waals surface area contributed by atoms with E-state index in [9.17, 15) is 0 Å². The maximum Gasteiger partial charge on any atom is 0.128 e. The Morgan fingerprint density at radius 3 is 2.67 bits per heavy atom. The lowest BCUT2D eigenvalue weighted by atomic mass is 10.1. The summed E-state index contributed by atoms with van der Waals surface area (Å²) in [5.74, 6) is 0.686. The van der Waals surface area contributed by atoms with Gasteiger partial charge in [0.2, 0.25) is 0 Å². The monoisotopic (exact) mass is 239 g/mol. The summed E-state index contributed by atoms with van der Waals surface area (Å²) in [6.45, 7) is 1.85. The van der Waals surface area contributed by atoms with Crippen LogP contribution in [0.5, 0.6) is 5.75 Å². The molecule has 0 atom stereocenters. The maximum absolute atomic E-state index is 8.94. The molecule has 2 aromatic rings. The van der Waals surface area contributed by atoms with Gasteiger partial charge in [-0.2, -0.15) is 5.26 Å². The van der Waals surface area contributed by atoms with E-state index in [1.165, 1.54) is 0 Å². The van der Waals surface area contributed by atoms with Crippen LogP contribution in [0, 0.1) is 18.3 Å². The number of hydrogen-bond acceptors (Lipinski definition) is 4. The van der Waals surface area contributed by atoms with E-state index in [1.54, 1.807) is 31.4 Å².